The van der Waals surface area contributed by atoms with Gasteiger partial charge in [0.15, 0.2) is 12.6 Å². The average molecular weight is 405 g/mol. The first-order chi connectivity index (χ1) is 13.8. The quantitative estimate of drug-likeness (QED) is 0.593. The maximum absolute atomic E-state index is 6.30. The molecule has 0 aromatic heterocycles. The summed E-state index contributed by atoms with van der Waals surface area (Å²) in [6, 6.07) is 0. The van der Waals surface area contributed by atoms with Gasteiger partial charge in [0.05, 0.1) is 31.8 Å². The van der Waals surface area contributed by atoms with Crippen LogP contribution in [0, 0.1) is 40.9 Å². The van der Waals surface area contributed by atoms with Crippen molar-refractivity contribution < 1.29 is 18.9 Å². The topological polar surface area (TPSA) is 36.9 Å². The van der Waals surface area contributed by atoms with Crippen LogP contribution in [0.3, 0.4) is 0 Å². The van der Waals surface area contributed by atoms with E-state index in [1.54, 1.807) is 0 Å². The van der Waals surface area contributed by atoms with Crippen molar-refractivity contribution >= 4 is 0 Å². The van der Waals surface area contributed by atoms with Gasteiger partial charge in [-0.25, -0.2) is 0 Å². The SMILES string of the molecule is CC1=C[C@@H](C)[C@@H](C2OCC3(CO2)COC([C@@H]2[C@H](C)C=C(C)C[C@@H]2C)OC3)[C@@H](C)C1. The van der Waals surface area contributed by atoms with Gasteiger partial charge >= 0.3 is 0 Å². The van der Waals surface area contributed by atoms with E-state index in [1.807, 2.05) is 0 Å². The smallest absolute Gasteiger partial charge is 0.161 e. The molecule has 4 heteroatoms. The van der Waals surface area contributed by atoms with Crippen molar-refractivity contribution in [1.82, 2.24) is 0 Å². The van der Waals surface area contributed by atoms with Gasteiger partial charge in [-0.3, -0.25) is 0 Å². The molecule has 2 fully saturated rings. The Morgan fingerprint density at radius 1 is 0.655 bits per heavy atom. The highest BCUT2D eigenvalue weighted by molar-refractivity contribution is 5.10. The van der Waals surface area contributed by atoms with Gasteiger partial charge in [0.1, 0.15) is 0 Å². The first-order valence-corrected chi connectivity index (χ1v) is 11.6. The third kappa shape index (κ3) is 4.37. The second kappa shape index (κ2) is 8.45. The van der Waals surface area contributed by atoms with Gasteiger partial charge in [-0.15, -0.1) is 0 Å². The van der Waals surface area contributed by atoms with Crippen LogP contribution in [-0.2, 0) is 18.9 Å². The van der Waals surface area contributed by atoms with Crippen molar-refractivity contribution in [2.24, 2.45) is 40.9 Å². The maximum Gasteiger partial charge on any atom is 0.161 e. The Balaban J connectivity index is 1.33. The van der Waals surface area contributed by atoms with E-state index >= 15 is 0 Å². The third-order valence-electron chi connectivity index (χ3n) is 7.75. The number of rotatable bonds is 2. The number of hydrogen-bond donors (Lipinski definition) is 0. The Kier molecular flexibility index (Phi) is 6.28. The largest absolute Gasteiger partial charge is 0.351 e. The van der Waals surface area contributed by atoms with Crippen molar-refractivity contribution in [1.29, 1.82) is 0 Å². The molecule has 2 saturated heterocycles. The highest BCUT2D eigenvalue weighted by Crippen LogP contribution is 2.43. The minimum atomic E-state index is -0.160. The van der Waals surface area contributed by atoms with Crippen molar-refractivity contribution in [3.63, 3.8) is 0 Å². The molecule has 0 aromatic carbocycles. The minimum absolute atomic E-state index is 0.112. The Hall–Kier alpha value is -0.680. The monoisotopic (exact) mass is 404 g/mol. The zero-order chi connectivity index (χ0) is 20.8. The van der Waals surface area contributed by atoms with Gasteiger partial charge in [-0.2, -0.15) is 0 Å². The highest BCUT2D eigenvalue weighted by Gasteiger charge is 2.47. The molecule has 1 spiro atoms. The summed E-state index contributed by atoms with van der Waals surface area (Å²) >= 11 is 0. The van der Waals surface area contributed by atoms with Gasteiger partial charge in [0, 0.05) is 11.8 Å². The lowest BCUT2D eigenvalue weighted by Crippen LogP contribution is -2.56. The molecular formula is C25H40O4. The summed E-state index contributed by atoms with van der Waals surface area (Å²) in [6.45, 7) is 16.4. The predicted octanol–water partition coefficient (Wildman–Crippen LogP) is 5.20. The van der Waals surface area contributed by atoms with Crippen LogP contribution >= 0.6 is 0 Å². The number of ether oxygens (including phenoxy) is 4. The molecule has 4 aliphatic rings. The minimum Gasteiger partial charge on any atom is -0.351 e. The van der Waals surface area contributed by atoms with Crippen LogP contribution in [0.15, 0.2) is 23.3 Å². The fraction of sp³-hybridized carbons (Fsp3) is 0.840. The molecule has 2 heterocycles. The molecule has 4 rings (SSSR count). The van der Waals surface area contributed by atoms with E-state index in [9.17, 15) is 0 Å². The molecule has 0 radical (unpaired) electrons. The Bertz CT molecular complexity index is 578. The zero-order valence-electron chi connectivity index (χ0n) is 19.1. The first kappa shape index (κ1) is 21.5. The Morgan fingerprint density at radius 3 is 1.31 bits per heavy atom. The Morgan fingerprint density at radius 2 is 1.00 bits per heavy atom. The van der Waals surface area contributed by atoms with Gasteiger partial charge in [0.25, 0.3) is 0 Å². The molecule has 0 unspecified atom stereocenters. The second-order valence-corrected chi connectivity index (χ2v) is 10.7. The zero-order valence-corrected chi connectivity index (χ0v) is 19.1. The highest BCUT2D eigenvalue weighted by atomic mass is 16.7. The fourth-order valence-corrected chi connectivity index (χ4v) is 6.44. The van der Waals surface area contributed by atoms with Crippen molar-refractivity contribution in [2.45, 2.75) is 67.0 Å². The van der Waals surface area contributed by atoms with Crippen molar-refractivity contribution in [3.8, 4) is 0 Å². The molecule has 0 N–H and O–H groups in total. The maximum atomic E-state index is 6.30. The van der Waals surface area contributed by atoms with Gasteiger partial charge in [-0.05, 0) is 50.4 Å². The molecule has 29 heavy (non-hydrogen) atoms. The fourth-order valence-electron chi connectivity index (χ4n) is 6.44. The van der Waals surface area contributed by atoms with E-state index in [0.717, 1.165) is 12.8 Å². The summed E-state index contributed by atoms with van der Waals surface area (Å²) in [5.74, 6) is 3.01. The molecule has 164 valence electrons. The van der Waals surface area contributed by atoms with Crippen molar-refractivity contribution in [3.05, 3.63) is 23.3 Å². The summed E-state index contributed by atoms with van der Waals surface area (Å²) in [6.07, 6.45) is 6.84. The van der Waals surface area contributed by atoms with E-state index in [0.29, 0.717) is 61.9 Å². The van der Waals surface area contributed by atoms with Crippen LogP contribution < -0.4 is 0 Å². The summed E-state index contributed by atoms with van der Waals surface area (Å²) < 4.78 is 25.2. The van der Waals surface area contributed by atoms with Crippen molar-refractivity contribution in [2.75, 3.05) is 26.4 Å². The summed E-state index contributed by atoms with van der Waals surface area (Å²) in [5.41, 5.74) is 2.82. The van der Waals surface area contributed by atoms with Crippen LogP contribution in [0.25, 0.3) is 0 Å². The standard InChI is InChI=1S/C25H40O4/c1-15-7-17(3)21(18(4)8-15)23-26-11-25(12-27-23)13-28-24(29-14-25)22-19(5)9-16(2)10-20(22)6/h7,9,17-24H,8,10-14H2,1-6H3/t17-,18+,19-,20+,21-,22-,23?,24?,25?/m1/s1. The van der Waals surface area contributed by atoms with Crippen LogP contribution in [0.5, 0.6) is 0 Å². The van der Waals surface area contributed by atoms with Crippen LogP contribution in [0.4, 0.5) is 0 Å². The number of allylic oxidation sites excluding steroid dienone is 4. The van der Waals surface area contributed by atoms with E-state index in [2.05, 4.69) is 53.7 Å². The molecule has 0 saturated carbocycles. The molecule has 2 aliphatic heterocycles. The third-order valence-corrected chi connectivity index (χ3v) is 7.75. The summed E-state index contributed by atoms with van der Waals surface area (Å²) in [4.78, 5) is 0. The second-order valence-electron chi connectivity index (χ2n) is 10.7. The van der Waals surface area contributed by atoms with Gasteiger partial charge < -0.3 is 18.9 Å². The van der Waals surface area contributed by atoms with Gasteiger partial charge in [0.2, 0.25) is 0 Å². The van der Waals surface area contributed by atoms with E-state index < -0.39 is 0 Å². The summed E-state index contributed by atoms with van der Waals surface area (Å²) in [5, 5.41) is 0. The molecule has 0 aromatic rings. The average Bonchev–Trinajstić information content (AvgIpc) is 2.63. The van der Waals surface area contributed by atoms with Crippen LogP contribution in [0.1, 0.15) is 54.4 Å². The van der Waals surface area contributed by atoms with Crippen LogP contribution in [0.2, 0.25) is 0 Å². The number of hydrogen-bond acceptors (Lipinski definition) is 4. The van der Waals surface area contributed by atoms with Gasteiger partial charge in [-0.1, -0.05) is 51.0 Å². The molecule has 0 amide bonds. The first-order valence-electron chi connectivity index (χ1n) is 11.6. The molecule has 4 nitrogen and oxygen atoms in total. The molecular weight excluding hydrogens is 364 g/mol. The molecule has 2 aliphatic carbocycles. The lowest BCUT2D eigenvalue weighted by Gasteiger charge is -2.49. The molecule has 6 atom stereocenters. The van der Waals surface area contributed by atoms with E-state index in [4.69, 9.17) is 18.9 Å². The predicted molar refractivity (Wildman–Crippen MR) is 114 cm³/mol. The lowest BCUT2D eigenvalue weighted by molar-refractivity contribution is -0.327. The molecule has 0 bridgehead atoms. The lowest BCUT2D eigenvalue weighted by atomic mass is 9.74. The van der Waals surface area contributed by atoms with E-state index in [-0.39, 0.29) is 18.0 Å². The normalized spacial score (nSPS) is 48.9. The van der Waals surface area contributed by atoms with Crippen LogP contribution in [-0.4, -0.2) is 39.0 Å². The van der Waals surface area contributed by atoms with E-state index in [1.165, 1.54) is 11.1 Å². The Labute approximate surface area is 177 Å². The summed E-state index contributed by atoms with van der Waals surface area (Å²) in [7, 11) is 0.